The van der Waals surface area contributed by atoms with Crippen molar-refractivity contribution in [2.24, 2.45) is 0 Å². The maximum Gasteiger partial charge on any atom is 0.146 e. The van der Waals surface area contributed by atoms with Crippen LogP contribution in [-0.2, 0) is 6.61 Å². The van der Waals surface area contributed by atoms with Crippen LogP contribution in [0.1, 0.15) is 5.76 Å². The monoisotopic (exact) mass is 256 g/mol. The van der Waals surface area contributed by atoms with Gasteiger partial charge in [0.05, 0.1) is 0 Å². The molecule has 0 aliphatic rings. The Bertz CT molecular complexity index is 698. The van der Waals surface area contributed by atoms with Crippen molar-refractivity contribution in [3.63, 3.8) is 0 Å². The second-order valence-electron chi connectivity index (χ2n) is 4.22. The smallest absolute Gasteiger partial charge is 0.146 e. The van der Waals surface area contributed by atoms with Crippen LogP contribution < -0.4 is 4.74 Å². The lowest BCUT2D eigenvalue weighted by molar-refractivity contribution is 0.274. The summed E-state index contributed by atoms with van der Waals surface area (Å²) in [5.41, 5.74) is 0.710. The van der Waals surface area contributed by atoms with Crippen LogP contribution in [0.4, 0.5) is 0 Å². The highest BCUT2D eigenvalue weighted by Crippen LogP contribution is 2.24. The van der Waals surface area contributed by atoms with Crippen molar-refractivity contribution in [2.45, 2.75) is 6.61 Å². The molecular weight excluding hydrogens is 244 g/mol. The molecule has 0 unspecified atom stereocenters. The zero-order valence-electron chi connectivity index (χ0n) is 10.0. The summed E-state index contributed by atoms with van der Waals surface area (Å²) < 4.78 is 11.1. The number of phenols is 2. The molecule has 1 heterocycles. The molecule has 4 nitrogen and oxygen atoms in total. The molecule has 0 spiro atoms. The van der Waals surface area contributed by atoms with Crippen LogP contribution in [0, 0.1) is 0 Å². The average Bonchev–Trinajstić information content (AvgIpc) is 2.80. The maximum absolute atomic E-state index is 9.38. The van der Waals surface area contributed by atoms with Crippen LogP contribution in [-0.4, -0.2) is 10.2 Å². The largest absolute Gasteiger partial charge is 0.508 e. The number of ether oxygens (including phenoxy) is 1. The minimum Gasteiger partial charge on any atom is -0.508 e. The second-order valence-corrected chi connectivity index (χ2v) is 4.22. The van der Waals surface area contributed by atoms with Gasteiger partial charge in [0, 0.05) is 5.39 Å². The highest BCUT2D eigenvalue weighted by Gasteiger charge is 2.05. The topological polar surface area (TPSA) is 62.8 Å². The Labute approximate surface area is 109 Å². The third kappa shape index (κ3) is 2.47. The minimum atomic E-state index is 0.201. The van der Waals surface area contributed by atoms with Crippen molar-refractivity contribution in [3.8, 4) is 17.2 Å². The molecule has 3 aromatic rings. The van der Waals surface area contributed by atoms with E-state index in [1.807, 2.05) is 6.07 Å². The lowest BCUT2D eigenvalue weighted by Gasteiger charge is -2.03. The van der Waals surface area contributed by atoms with Gasteiger partial charge in [0.15, 0.2) is 0 Å². The first-order chi connectivity index (χ1) is 9.20. The number of hydrogen-bond acceptors (Lipinski definition) is 4. The lowest BCUT2D eigenvalue weighted by atomic mass is 10.2. The van der Waals surface area contributed by atoms with Crippen LogP contribution in [0.5, 0.6) is 17.2 Å². The van der Waals surface area contributed by atoms with Crippen molar-refractivity contribution in [1.82, 2.24) is 0 Å². The molecule has 0 fully saturated rings. The summed E-state index contributed by atoms with van der Waals surface area (Å²) in [5, 5.41) is 19.4. The van der Waals surface area contributed by atoms with E-state index in [0.29, 0.717) is 23.7 Å². The predicted octanol–water partition coefficient (Wildman–Crippen LogP) is 3.42. The summed E-state index contributed by atoms with van der Waals surface area (Å²) >= 11 is 0. The normalized spacial score (nSPS) is 10.7. The fourth-order valence-corrected chi connectivity index (χ4v) is 1.85. The van der Waals surface area contributed by atoms with Crippen molar-refractivity contribution in [3.05, 3.63) is 54.3 Å². The van der Waals surface area contributed by atoms with Gasteiger partial charge in [-0.3, -0.25) is 0 Å². The van der Waals surface area contributed by atoms with Crippen LogP contribution >= 0.6 is 0 Å². The molecular formula is C15H12O4. The van der Waals surface area contributed by atoms with E-state index in [2.05, 4.69) is 0 Å². The highest BCUT2D eigenvalue weighted by molar-refractivity contribution is 5.79. The quantitative estimate of drug-likeness (QED) is 0.753. The number of hydrogen-bond donors (Lipinski definition) is 2. The Morgan fingerprint density at radius 3 is 2.42 bits per heavy atom. The molecule has 0 amide bonds. The van der Waals surface area contributed by atoms with Gasteiger partial charge in [-0.1, -0.05) is 0 Å². The van der Waals surface area contributed by atoms with Crippen LogP contribution in [0.3, 0.4) is 0 Å². The van der Waals surface area contributed by atoms with E-state index < -0.39 is 0 Å². The van der Waals surface area contributed by atoms with Crippen molar-refractivity contribution < 1.29 is 19.4 Å². The Kier molecular flexibility index (Phi) is 2.76. The first kappa shape index (κ1) is 11.5. The van der Waals surface area contributed by atoms with Crippen LogP contribution in [0.2, 0.25) is 0 Å². The summed E-state index contributed by atoms with van der Waals surface area (Å²) in [6.07, 6.45) is 0. The molecule has 0 radical (unpaired) electrons. The summed E-state index contributed by atoms with van der Waals surface area (Å²) in [7, 11) is 0. The van der Waals surface area contributed by atoms with Gasteiger partial charge in [-0.15, -0.1) is 0 Å². The summed E-state index contributed by atoms with van der Waals surface area (Å²) in [5.74, 6) is 1.74. The SMILES string of the molecule is Oc1ccc(OCc2cc3cc(O)ccc3o2)cc1. The number of benzene rings is 2. The number of rotatable bonds is 3. The summed E-state index contributed by atoms with van der Waals surface area (Å²) in [6, 6.07) is 13.3. The van der Waals surface area contributed by atoms with E-state index in [0.717, 1.165) is 5.39 Å². The molecule has 0 aliphatic heterocycles. The Morgan fingerprint density at radius 2 is 1.63 bits per heavy atom. The van der Waals surface area contributed by atoms with Crippen molar-refractivity contribution >= 4 is 11.0 Å². The van der Waals surface area contributed by atoms with Gasteiger partial charge >= 0.3 is 0 Å². The zero-order valence-corrected chi connectivity index (χ0v) is 10.0. The van der Waals surface area contributed by atoms with E-state index in [4.69, 9.17) is 14.3 Å². The van der Waals surface area contributed by atoms with Gasteiger partial charge in [-0.05, 0) is 48.5 Å². The molecule has 0 aliphatic carbocycles. The van der Waals surface area contributed by atoms with E-state index in [1.165, 1.54) is 0 Å². The molecule has 0 bridgehead atoms. The van der Waals surface area contributed by atoms with E-state index in [-0.39, 0.29) is 11.5 Å². The Morgan fingerprint density at radius 1 is 0.895 bits per heavy atom. The average molecular weight is 256 g/mol. The number of phenolic OH excluding ortho intramolecular Hbond substituents is 2. The summed E-state index contributed by atoms with van der Waals surface area (Å²) in [4.78, 5) is 0. The maximum atomic E-state index is 9.38. The molecule has 4 heteroatoms. The molecule has 2 N–H and O–H groups in total. The zero-order chi connectivity index (χ0) is 13.2. The summed E-state index contributed by atoms with van der Waals surface area (Å²) in [6.45, 7) is 0.292. The Balaban J connectivity index is 1.76. The highest BCUT2D eigenvalue weighted by atomic mass is 16.5. The molecule has 3 rings (SSSR count). The lowest BCUT2D eigenvalue weighted by Crippen LogP contribution is -1.92. The fraction of sp³-hybridized carbons (Fsp3) is 0.0667. The first-order valence-electron chi connectivity index (χ1n) is 5.84. The Hall–Kier alpha value is -2.62. The van der Waals surface area contributed by atoms with Crippen molar-refractivity contribution in [2.75, 3.05) is 0 Å². The van der Waals surface area contributed by atoms with E-state index in [1.54, 1.807) is 42.5 Å². The standard InChI is InChI=1S/C15H12O4/c16-11-1-4-13(5-2-11)18-9-14-8-10-7-12(17)3-6-15(10)19-14/h1-8,16-17H,9H2. The van der Waals surface area contributed by atoms with Gasteiger partial charge < -0.3 is 19.4 Å². The first-order valence-corrected chi connectivity index (χ1v) is 5.84. The van der Waals surface area contributed by atoms with Gasteiger partial charge in [-0.25, -0.2) is 0 Å². The molecule has 19 heavy (non-hydrogen) atoms. The molecule has 0 saturated heterocycles. The molecule has 1 aromatic heterocycles. The third-order valence-electron chi connectivity index (χ3n) is 2.77. The van der Waals surface area contributed by atoms with Gasteiger partial charge in [0.25, 0.3) is 0 Å². The molecule has 0 saturated carbocycles. The molecule has 96 valence electrons. The van der Waals surface area contributed by atoms with Crippen LogP contribution in [0.15, 0.2) is 52.9 Å². The van der Waals surface area contributed by atoms with E-state index >= 15 is 0 Å². The van der Waals surface area contributed by atoms with Crippen molar-refractivity contribution in [1.29, 1.82) is 0 Å². The fourth-order valence-electron chi connectivity index (χ4n) is 1.85. The predicted molar refractivity (Wildman–Crippen MR) is 70.3 cm³/mol. The van der Waals surface area contributed by atoms with Gasteiger partial charge in [0.1, 0.15) is 35.2 Å². The minimum absolute atomic E-state index is 0.201. The van der Waals surface area contributed by atoms with E-state index in [9.17, 15) is 5.11 Å². The second kappa shape index (κ2) is 4.57. The molecule has 0 atom stereocenters. The number of fused-ring (bicyclic) bond motifs is 1. The number of furan rings is 1. The third-order valence-corrected chi connectivity index (χ3v) is 2.77. The van der Waals surface area contributed by atoms with Gasteiger partial charge in [-0.2, -0.15) is 0 Å². The molecule has 2 aromatic carbocycles. The number of aromatic hydroxyl groups is 2. The van der Waals surface area contributed by atoms with Crippen LogP contribution in [0.25, 0.3) is 11.0 Å². The van der Waals surface area contributed by atoms with Gasteiger partial charge in [0.2, 0.25) is 0 Å².